The van der Waals surface area contributed by atoms with Crippen molar-refractivity contribution in [1.29, 1.82) is 0 Å². The van der Waals surface area contributed by atoms with Gasteiger partial charge in [0, 0.05) is 11.8 Å². The Kier molecular flexibility index (Phi) is 3.75. The van der Waals surface area contributed by atoms with Crippen molar-refractivity contribution < 1.29 is 4.79 Å². The number of carbonyl (C=O) groups excluding carboxylic acids is 1. The van der Waals surface area contributed by atoms with E-state index in [1.165, 1.54) is 0 Å². The summed E-state index contributed by atoms with van der Waals surface area (Å²) in [5.41, 5.74) is 3.73. The zero-order valence-electron chi connectivity index (χ0n) is 8.93. The van der Waals surface area contributed by atoms with E-state index in [0.29, 0.717) is 12.1 Å². The molecule has 0 radical (unpaired) electrons. The number of nitrogen functional groups attached to an aromatic ring is 1. The van der Waals surface area contributed by atoms with Gasteiger partial charge in [0.25, 0.3) is 5.91 Å². The summed E-state index contributed by atoms with van der Waals surface area (Å²) in [4.78, 5) is 11.2. The molecule has 88 valence electrons. The number of hydrogen-bond donors (Lipinski definition) is 2. The zero-order chi connectivity index (χ0) is 12.3. The fraction of sp³-hybridized carbons (Fsp3) is 0.0909. The van der Waals surface area contributed by atoms with Gasteiger partial charge in [-0.25, -0.2) is 5.84 Å². The monoisotopic (exact) mass is 342 g/mol. The molecule has 1 amide bonds. The zero-order valence-corrected chi connectivity index (χ0v) is 11.1. The third-order valence-corrected chi connectivity index (χ3v) is 2.85. The van der Waals surface area contributed by atoms with E-state index in [2.05, 4.69) is 33.1 Å². The minimum atomic E-state index is -0.287. The number of benzene rings is 1. The third-order valence-electron chi connectivity index (χ3n) is 2.29. The maximum atomic E-state index is 11.2. The number of hydrazine groups is 1. The molecule has 1 aromatic carbocycles. The molecule has 2 aromatic rings. The molecule has 17 heavy (non-hydrogen) atoms. The van der Waals surface area contributed by atoms with Crippen LogP contribution in [-0.4, -0.2) is 15.7 Å². The first-order valence-corrected chi connectivity index (χ1v) is 6.05. The van der Waals surface area contributed by atoms with Crippen molar-refractivity contribution in [3.05, 3.63) is 51.4 Å². The number of nitrogens with two attached hydrogens (primary N) is 1. The second-order valence-corrected chi connectivity index (χ2v) is 4.77. The molecule has 0 unspecified atom stereocenters. The van der Waals surface area contributed by atoms with Crippen LogP contribution >= 0.6 is 22.6 Å². The van der Waals surface area contributed by atoms with Gasteiger partial charge in [0.2, 0.25) is 0 Å². The molecule has 3 N–H and O–H groups in total. The van der Waals surface area contributed by atoms with Crippen LogP contribution in [0.3, 0.4) is 0 Å². The summed E-state index contributed by atoms with van der Waals surface area (Å²) in [5.74, 6) is 4.77. The molecule has 0 saturated heterocycles. The van der Waals surface area contributed by atoms with E-state index in [0.717, 1.165) is 9.13 Å². The van der Waals surface area contributed by atoms with Crippen LogP contribution in [0.1, 0.15) is 15.9 Å². The molecule has 0 fully saturated rings. The summed E-state index contributed by atoms with van der Waals surface area (Å²) < 4.78 is 2.95. The average Bonchev–Trinajstić information content (AvgIpc) is 2.75. The molecule has 1 aromatic heterocycles. The molecule has 1 heterocycles. The lowest BCUT2D eigenvalue weighted by molar-refractivity contribution is 0.0953. The first-order valence-electron chi connectivity index (χ1n) is 4.97. The lowest BCUT2D eigenvalue weighted by atomic mass is 10.1. The van der Waals surface area contributed by atoms with E-state index in [4.69, 9.17) is 5.84 Å². The minimum Gasteiger partial charge on any atom is -0.290 e. The van der Waals surface area contributed by atoms with Crippen LogP contribution in [0.2, 0.25) is 0 Å². The fourth-order valence-electron chi connectivity index (χ4n) is 1.46. The minimum absolute atomic E-state index is 0.287. The van der Waals surface area contributed by atoms with E-state index in [-0.39, 0.29) is 5.91 Å². The van der Waals surface area contributed by atoms with E-state index in [9.17, 15) is 4.79 Å². The second kappa shape index (κ2) is 5.28. The number of aromatic nitrogens is 2. The molecule has 0 aliphatic carbocycles. The van der Waals surface area contributed by atoms with Gasteiger partial charge < -0.3 is 0 Å². The van der Waals surface area contributed by atoms with Gasteiger partial charge in [-0.15, -0.1) is 0 Å². The standard InChI is InChI=1S/C11H11IN4O/c12-10-5-14-16(7-10)6-8-1-3-9(4-2-8)11(17)15-13/h1-5,7H,6,13H2,(H,15,17). The van der Waals surface area contributed by atoms with Gasteiger partial charge in [0.05, 0.1) is 16.3 Å². The highest BCUT2D eigenvalue weighted by molar-refractivity contribution is 14.1. The lowest BCUT2D eigenvalue weighted by Gasteiger charge is -2.03. The van der Waals surface area contributed by atoms with Crippen LogP contribution in [0, 0.1) is 3.57 Å². The molecule has 0 spiro atoms. The number of carbonyl (C=O) groups is 1. The van der Waals surface area contributed by atoms with Gasteiger partial charge in [-0.2, -0.15) is 5.10 Å². The Balaban J connectivity index is 2.10. The molecule has 0 saturated carbocycles. The number of nitrogens with zero attached hydrogens (tertiary/aromatic N) is 2. The Hall–Kier alpha value is -1.41. The average molecular weight is 342 g/mol. The highest BCUT2D eigenvalue weighted by atomic mass is 127. The van der Waals surface area contributed by atoms with Crippen molar-refractivity contribution in [3.63, 3.8) is 0 Å². The highest BCUT2D eigenvalue weighted by Gasteiger charge is 2.03. The van der Waals surface area contributed by atoms with Crippen LogP contribution in [-0.2, 0) is 6.54 Å². The first-order chi connectivity index (χ1) is 8.19. The maximum Gasteiger partial charge on any atom is 0.265 e. The largest absolute Gasteiger partial charge is 0.290 e. The van der Waals surface area contributed by atoms with Gasteiger partial charge >= 0.3 is 0 Å². The van der Waals surface area contributed by atoms with Crippen molar-refractivity contribution in [2.75, 3.05) is 0 Å². The maximum absolute atomic E-state index is 11.2. The number of hydrogen-bond acceptors (Lipinski definition) is 3. The molecule has 6 heteroatoms. The van der Waals surface area contributed by atoms with E-state index in [1.807, 2.05) is 23.0 Å². The normalized spacial score (nSPS) is 10.2. The predicted octanol–water partition coefficient (Wildman–Crippen LogP) is 1.14. The van der Waals surface area contributed by atoms with Crippen LogP contribution in [0.25, 0.3) is 0 Å². The Labute approximate surface area is 112 Å². The summed E-state index contributed by atoms with van der Waals surface area (Å²) in [6.07, 6.45) is 3.76. The summed E-state index contributed by atoms with van der Waals surface area (Å²) in [7, 11) is 0. The van der Waals surface area contributed by atoms with E-state index >= 15 is 0 Å². The van der Waals surface area contributed by atoms with Gasteiger partial charge in [-0.1, -0.05) is 12.1 Å². The Bertz CT molecular complexity index is 521. The molecular weight excluding hydrogens is 331 g/mol. The molecule has 0 aliphatic heterocycles. The third kappa shape index (κ3) is 3.04. The smallest absolute Gasteiger partial charge is 0.265 e. The van der Waals surface area contributed by atoms with Gasteiger partial charge in [0.1, 0.15) is 0 Å². The Morgan fingerprint density at radius 2 is 2.12 bits per heavy atom. The summed E-state index contributed by atoms with van der Waals surface area (Å²) in [6.45, 7) is 0.688. The second-order valence-electron chi connectivity index (χ2n) is 3.53. The number of rotatable bonds is 3. The number of nitrogens with one attached hydrogen (secondary N) is 1. The van der Waals surface area contributed by atoms with E-state index < -0.39 is 0 Å². The quantitative estimate of drug-likeness (QED) is 0.380. The van der Waals surface area contributed by atoms with Gasteiger partial charge in [-0.3, -0.25) is 14.9 Å². The molecule has 0 bridgehead atoms. The molecule has 2 rings (SSSR count). The van der Waals surface area contributed by atoms with Crippen molar-refractivity contribution in [3.8, 4) is 0 Å². The Morgan fingerprint density at radius 1 is 1.41 bits per heavy atom. The van der Waals surface area contributed by atoms with Crippen molar-refractivity contribution in [2.24, 2.45) is 5.84 Å². The van der Waals surface area contributed by atoms with Crippen LogP contribution in [0.15, 0.2) is 36.7 Å². The van der Waals surface area contributed by atoms with Crippen LogP contribution < -0.4 is 11.3 Å². The summed E-state index contributed by atoms with van der Waals surface area (Å²) in [5, 5.41) is 4.19. The SMILES string of the molecule is NNC(=O)c1ccc(Cn2cc(I)cn2)cc1. The van der Waals surface area contributed by atoms with E-state index in [1.54, 1.807) is 18.3 Å². The highest BCUT2D eigenvalue weighted by Crippen LogP contribution is 2.08. The molecule has 0 aliphatic rings. The topological polar surface area (TPSA) is 72.9 Å². The fourth-order valence-corrected chi connectivity index (χ4v) is 1.90. The summed E-state index contributed by atoms with van der Waals surface area (Å²) >= 11 is 2.21. The number of halogens is 1. The lowest BCUT2D eigenvalue weighted by Crippen LogP contribution is -2.29. The van der Waals surface area contributed by atoms with Gasteiger partial charge in [-0.05, 0) is 40.3 Å². The van der Waals surface area contributed by atoms with Crippen LogP contribution in [0.5, 0.6) is 0 Å². The van der Waals surface area contributed by atoms with Crippen molar-refractivity contribution in [1.82, 2.24) is 15.2 Å². The Morgan fingerprint density at radius 3 is 2.65 bits per heavy atom. The molecular formula is C11H11IN4O. The van der Waals surface area contributed by atoms with Crippen LogP contribution in [0.4, 0.5) is 0 Å². The predicted molar refractivity (Wildman–Crippen MR) is 72.1 cm³/mol. The number of amides is 1. The van der Waals surface area contributed by atoms with Crippen molar-refractivity contribution >= 4 is 28.5 Å². The van der Waals surface area contributed by atoms with Gasteiger partial charge in [0.15, 0.2) is 0 Å². The van der Waals surface area contributed by atoms with Crippen molar-refractivity contribution in [2.45, 2.75) is 6.54 Å². The first kappa shape index (κ1) is 12.1. The molecule has 0 atom stereocenters. The summed E-state index contributed by atoms with van der Waals surface area (Å²) in [6, 6.07) is 7.26. The molecule has 5 nitrogen and oxygen atoms in total.